The summed E-state index contributed by atoms with van der Waals surface area (Å²) in [5, 5.41) is 0. The lowest BCUT2D eigenvalue weighted by atomic mass is 9.88. The second-order valence-electron chi connectivity index (χ2n) is 5.59. The summed E-state index contributed by atoms with van der Waals surface area (Å²) in [4.78, 5) is 29.3. The van der Waals surface area contributed by atoms with Crippen molar-refractivity contribution in [3.05, 3.63) is 0 Å². The highest BCUT2D eigenvalue weighted by Gasteiger charge is 2.45. The van der Waals surface area contributed by atoms with Gasteiger partial charge in [-0.2, -0.15) is 0 Å². The summed E-state index contributed by atoms with van der Waals surface area (Å²) >= 11 is 0. The van der Waals surface area contributed by atoms with E-state index in [1.165, 1.54) is 4.90 Å². The first-order chi connectivity index (χ1) is 8.92. The van der Waals surface area contributed by atoms with Gasteiger partial charge in [-0.3, -0.25) is 14.5 Å². The number of nitrogens with zero attached hydrogens (tertiary/aromatic N) is 2. The second-order valence-corrected chi connectivity index (χ2v) is 5.59. The van der Waals surface area contributed by atoms with E-state index >= 15 is 0 Å². The van der Waals surface area contributed by atoms with Gasteiger partial charge in [0.05, 0.1) is 12.0 Å². The fourth-order valence-corrected chi connectivity index (χ4v) is 2.73. The summed E-state index contributed by atoms with van der Waals surface area (Å²) in [6.45, 7) is 4.51. The van der Waals surface area contributed by atoms with Crippen molar-refractivity contribution < 1.29 is 9.59 Å². The van der Waals surface area contributed by atoms with Crippen LogP contribution >= 0.6 is 0 Å². The van der Waals surface area contributed by atoms with Gasteiger partial charge in [-0.25, -0.2) is 4.99 Å². The van der Waals surface area contributed by atoms with Gasteiger partial charge in [0.15, 0.2) is 5.96 Å². The highest BCUT2D eigenvalue weighted by atomic mass is 16.2. The van der Waals surface area contributed by atoms with E-state index in [-0.39, 0.29) is 35.1 Å². The predicted molar refractivity (Wildman–Crippen MR) is 72.1 cm³/mol. The number of nitrogens with two attached hydrogens (primary N) is 2. The van der Waals surface area contributed by atoms with E-state index < -0.39 is 0 Å². The zero-order valence-corrected chi connectivity index (χ0v) is 11.6. The van der Waals surface area contributed by atoms with Gasteiger partial charge in [-0.1, -0.05) is 13.8 Å². The van der Waals surface area contributed by atoms with Crippen molar-refractivity contribution in [1.29, 1.82) is 0 Å². The highest BCUT2D eigenvalue weighted by Crippen LogP contribution is 2.39. The van der Waals surface area contributed by atoms with Crippen LogP contribution in [0.4, 0.5) is 0 Å². The summed E-state index contributed by atoms with van der Waals surface area (Å²) in [6, 6.07) is 0. The number of rotatable bonds is 5. The molecule has 1 aliphatic carbocycles. The topological polar surface area (TPSA) is 102 Å². The largest absolute Gasteiger partial charge is 0.369 e. The zero-order chi connectivity index (χ0) is 14.2. The Labute approximate surface area is 113 Å². The number of carbonyl (C=O) groups excluding carboxylic acids is 2. The average molecular weight is 266 g/mol. The summed E-state index contributed by atoms with van der Waals surface area (Å²) in [6.07, 6.45) is 2.75. The molecule has 2 aliphatic rings. The van der Waals surface area contributed by atoms with Crippen molar-refractivity contribution in [3.63, 3.8) is 0 Å². The summed E-state index contributed by atoms with van der Waals surface area (Å²) in [7, 11) is 0. The van der Waals surface area contributed by atoms with Crippen molar-refractivity contribution in [2.24, 2.45) is 28.3 Å². The van der Waals surface area contributed by atoms with Gasteiger partial charge in [-0.05, 0) is 25.2 Å². The van der Waals surface area contributed by atoms with Gasteiger partial charge in [0, 0.05) is 12.5 Å². The van der Waals surface area contributed by atoms with E-state index in [2.05, 4.69) is 4.99 Å². The van der Waals surface area contributed by atoms with Crippen LogP contribution in [0.5, 0.6) is 0 Å². The van der Waals surface area contributed by atoms with E-state index in [0.29, 0.717) is 13.0 Å². The van der Waals surface area contributed by atoms with Crippen LogP contribution in [0, 0.1) is 11.8 Å². The Morgan fingerprint density at radius 2 is 2.11 bits per heavy atom. The van der Waals surface area contributed by atoms with Crippen molar-refractivity contribution in [2.75, 3.05) is 6.54 Å². The molecule has 4 N–H and O–H groups in total. The van der Waals surface area contributed by atoms with Gasteiger partial charge in [0.1, 0.15) is 0 Å². The first-order valence-electron chi connectivity index (χ1n) is 6.87. The lowest BCUT2D eigenvalue weighted by Crippen LogP contribution is -2.52. The Morgan fingerprint density at radius 1 is 1.47 bits per heavy atom. The molecule has 6 heteroatoms. The summed E-state index contributed by atoms with van der Waals surface area (Å²) < 4.78 is 0. The average Bonchev–Trinajstić information content (AvgIpc) is 3.13. The monoisotopic (exact) mass is 266 g/mol. The van der Waals surface area contributed by atoms with Crippen LogP contribution in [0.15, 0.2) is 4.99 Å². The lowest BCUT2D eigenvalue weighted by Gasteiger charge is -2.36. The molecule has 106 valence electrons. The molecule has 0 saturated heterocycles. The maximum atomic E-state index is 12.2. The van der Waals surface area contributed by atoms with Crippen LogP contribution in [0.3, 0.4) is 0 Å². The maximum Gasteiger partial charge on any atom is 0.231 e. The third kappa shape index (κ3) is 2.57. The number of aliphatic imine (C=N–C) groups is 1. The fourth-order valence-electron chi connectivity index (χ4n) is 2.73. The fraction of sp³-hybridized carbons (Fsp3) is 0.769. The molecular formula is C13H22N4O2. The third-order valence-corrected chi connectivity index (χ3v) is 4.43. The van der Waals surface area contributed by atoms with E-state index in [4.69, 9.17) is 11.5 Å². The molecule has 1 heterocycles. The molecule has 1 aliphatic heterocycles. The van der Waals surface area contributed by atoms with Crippen molar-refractivity contribution in [2.45, 2.75) is 45.1 Å². The molecule has 19 heavy (non-hydrogen) atoms. The van der Waals surface area contributed by atoms with E-state index in [1.54, 1.807) is 0 Å². The quantitative estimate of drug-likeness (QED) is 0.743. The highest BCUT2D eigenvalue weighted by molar-refractivity contribution is 5.99. The number of amides is 2. The second kappa shape index (κ2) is 4.83. The van der Waals surface area contributed by atoms with Gasteiger partial charge in [0.2, 0.25) is 11.8 Å². The lowest BCUT2D eigenvalue weighted by molar-refractivity contribution is -0.130. The molecule has 0 bridgehead atoms. The number of hydrogen-bond donors (Lipinski definition) is 2. The van der Waals surface area contributed by atoms with Gasteiger partial charge in [0.25, 0.3) is 0 Å². The Kier molecular flexibility index (Phi) is 3.52. The predicted octanol–water partition coefficient (Wildman–Crippen LogP) is 0.214. The molecule has 1 unspecified atom stereocenters. The molecule has 0 aromatic carbocycles. The molecule has 0 spiro atoms. The molecule has 2 amide bonds. The van der Waals surface area contributed by atoms with Crippen LogP contribution in [0.2, 0.25) is 0 Å². The zero-order valence-electron chi connectivity index (χ0n) is 11.6. The molecule has 0 aromatic rings. The normalized spacial score (nSPS) is 29.1. The van der Waals surface area contributed by atoms with E-state index in [1.807, 2.05) is 13.8 Å². The standard InChI is InChI=1S/C13H22N4O2/c1-3-13(4-2)6-10(18)17(12(15)16-13)7-8-5-9(8)11(14)19/h8-9H,3-7H2,1-2H3,(H2,14,19)(H2,15,16)/t8-,9?/m1/s1. The first kappa shape index (κ1) is 13.8. The number of hydrogen-bond acceptors (Lipinski definition) is 4. The molecule has 6 nitrogen and oxygen atoms in total. The van der Waals surface area contributed by atoms with E-state index in [9.17, 15) is 9.59 Å². The number of guanidine groups is 1. The van der Waals surface area contributed by atoms with Crippen molar-refractivity contribution in [1.82, 2.24) is 4.90 Å². The third-order valence-electron chi connectivity index (χ3n) is 4.43. The molecular weight excluding hydrogens is 244 g/mol. The van der Waals surface area contributed by atoms with Crippen LogP contribution in [0.1, 0.15) is 39.5 Å². The molecule has 1 saturated carbocycles. The van der Waals surface area contributed by atoms with Crippen LogP contribution < -0.4 is 11.5 Å². The summed E-state index contributed by atoms with van der Waals surface area (Å²) in [5.41, 5.74) is 10.8. The van der Waals surface area contributed by atoms with Gasteiger partial charge in [-0.15, -0.1) is 0 Å². The SMILES string of the molecule is CCC1(CC)CC(=O)N(C[C@H]2CC2C(N)=O)C(N)=N1. The molecule has 2 rings (SSSR count). The van der Waals surface area contributed by atoms with Crippen LogP contribution in [0.25, 0.3) is 0 Å². The van der Waals surface area contributed by atoms with E-state index in [0.717, 1.165) is 19.3 Å². The minimum absolute atomic E-state index is 0.00585. The smallest absolute Gasteiger partial charge is 0.231 e. The Balaban J connectivity index is 2.07. The molecule has 2 atom stereocenters. The Hall–Kier alpha value is -1.59. The maximum absolute atomic E-state index is 12.2. The minimum Gasteiger partial charge on any atom is -0.369 e. The Bertz CT molecular complexity index is 428. The minimum atomic E-state index is -0.343. The molecule has 1 fully saturated rings. The van der Waals surface area contributed by atoms with Crippen LogP contribution in [-0.2, 0) is 9.59 Å². The number of primary amides is 1. The first-order valence-corrected chi connectivity index (χ1v) is 6.87. The van der Waals surface area contributed by atoms with Crippen LogP contribution in [-0.4, -0.2) is 34.8 Å². The summed E-state index contributed by atoms with van der Waals surface area (Å²) in [5.74, 6) is 0.0402. The van der Waals surface area contributed by atoms with Crippen molar-refractivity contribution in [3.8, 4) is 0 Å². The number of carbonyl (C=O) groups is 2. The van der Waals surface area contributed by atoms with Gasteiger partial charge < -0.3 is 11.5 Å². The molecule has 0 aromatic heterocycles. The molecule has 0 radical (unpaired) electrons. The Morgan fingerprint density at radius 3 is 2.53 bits per heavy atom. The van der Waals surface area contributed by atoms with Crippen molar-refractivity contribution >= 4 is 17.8 Å². The van der Waals surface area contributed by atoms with Gasteiger partial charge >= 0.3 is 0 Å².